The van der Waals surface area contributed by atoms with E-state index in [0.29, 0.717) is 11.8 Å². The fraction of sp³-hybridized carbons (Fsp3) is 0.643. The monoisotopic (exact) mass is 265 g/mol. The number of nitrogens with zero attached hydrogens (tertiary/aromatic N) is 2. The lowest BCUT2D eigenvalue weighted by atomic mass is 9.94. The third kappa shape index (κ3) is 2.58. The maximum Gasteiger partial charge on any atom is 0.143 e. The Bertz CT molecular complexity index is 442. The van der Waals surface area contributed by atoms with Gasteiger partial charge in [0.05, 0.1) is 17.6 Å². The van der Waals surface area contributed by atoms with Gasteiger partial charge in [0, 0.05) is 44.8 Å². The van der Waals surface area contributed by atoms with Crippen LogP contribution in [0.5, 0.6) is 0 Å². The molecule has 0 aromatic carbocycles. The highest BCUT2D eigenvalue weighted by molar-refractivity contribution is 5.53. The van der Waals surface area contributed by atoms with E-state index in [1.54, 1.807) is 6.07 Å². The first-order valence-electron chi connectivity index (χ1n) is 7.00. The van der Waals surface area contributed by atoms with Gasteiger partial charge in [0.25, 0.3) is 0 Å². The van der Waals surface area contributed by atoms with Crippen LogP contribution in [0.25, 0.3) is 0 Å². The number of piperidine rings is 1. The first kappa shape index (κ1) is 12.8. The minimum Gasteiger partial charge on any atom is -0.396 e. The van der Waals surface area contributed by atoms with Gasteiger partial charge in [-0.15, -0.1) is 0 Å². The summed E-state index contributed by atoms with van der Waals surface area (Å²) in [6, 6.07) is 1.61. The number of hydrogen-bond donors (Lipinski definition) is 2. The molecule has 3 heterocycles. The molecule has 2 fully saturated rings. The molecule has 0 aliphatic carbocycles. The largest absolute Gasteiger partial charge is 0.396 e. The van der Waals surface area contributed by atoms with Crippen LogP contribution < -0.4 is 10.2 Å². The van der Waals surface area contributed by atoms with Crippen molar-refractivity contribution in [1.82, 2.24) is 10.3 Å². The van der Waals surface area contributed by atoms with Gasteiger partial charge in [0.15, 0.2) is 0 Å². The smallest absolute Gasteiger partial charge is 0.143 e. The van der Waals surface area contributed by atoms with Crippen LogP contribution in [0.4, 0.5) is 10.1 Å². The quantitative estimate of drug-likeness (QED) is 0.860. The summed E-state index contributed by atoms with van der Waals surface area (Å²) in [5, 5.41) is 12.4. The van der Waals surface area contributed by atoms with Crippen LogP contribution in [0.3, 0.4) is 0 Å². The van der Waals surface area contributed by atoms with E-state index in [2.05, 4.69) is 15.2 Å². The summed E-state index contributed by atoms with van der Waals surface area (Å²) in [5.74, 6) is 0.535. The van der Waals surface area contributed by atoms with E-state index in [1.807, 2.05) is 0 Å². The normalized spacial score (nSPS) is 21.5. The highest BCUT2D eigenvalue weighted by Gasteiger charge is 2.27. The van der Waals surface area contributed by atoms with Crippen LogP contribution in [0.1, 0.15) is 24.5 Å². The van der Waals surface area contributed by atoms with Crippen molar-refractivity contribution in [3.05, 3.63) is 23.8 Å². The summed E-state index contributed by atoms with van der Waals surface area (Å²) in [5.41, 5.74) is 1.96. The molecule has 5 heteroatoms. The van der Waals surface area contributed by atoms with E-state index in [1.165, 1.54) is 6.20 Å². The Labute approximate surface area is 112 Å². The second-order valence-corrected chi connectivity index (χ2v) is 5.53. The van der Waals surface area contributed by atoms with Crippen LogP contribution in [-0.2, 0) is 0 Å². The molecule has 0 spiro atoms. The first-order valence-corrected chi connectivity index (χ1v) is 7.00. The van der Waals surface area contributed by atoms with E-state index >= 15 is 0 Å². The van der Waals surface area contributed by atoms with E-state index in [-0.39, 0.29) is 12.4 Å². The Kier molecular flexibility index (Phi) is 3.66. The van der Waals surface area contributed by atoms with Crippen molar-refractivity contribution < 1.29 is 9.50 Å². The molecular weight excluding hydrogens is 245 g/mol. The molecule has 0 radical (unpaired) electrons. The number of rotatable bonds is 3. The maximum absolute atomic E-state index is 13.5. The molecular formula is C14H20FN3O. The minimum atomic E-state index is -0.268. The third-order valence-electron chi connectivity index (χ3n) is 4.25. The van der Waals surface area contributed by atoms with E-state index in [9.17, 15) is 9.50 Å². The van der Waals surface area contributed by atoms with Crippen LogP contribution in [0.15, 0.2) is 12.3 Å². The summed E-state index contributed by atoms with van der Waals surface area (Å²) in [4.78, 5) is 6.53. The van der Waals surface area contributed by atoms with Gasteiger partial charge in [0.2, 0.25) is 0 Å². The van der Waals surface area contributed by atoms with Gasteiger partial charge in [-0.25, -0.2) is 4.39 Å². The van der Waals surface area contributed by atoms with E-state index < -0.39 is 0 Å². The Morgan fingerprint density at radius 1 is 1.37 bits per heavy atom. The van der Waals surface area contributed by atoms with E-state index in [0.717, 1.165) is 50.4 Å². The number of hydrogen-bond acceptors (Lipinski definition) is 4. The van der Waals surface area contributed by atoms with Crippen molar-refractivity contribution in [3.8, 4) is 0 Å². The summed E-state index contributed by atoms with van der Waals surface area (Å²) >= 11 is 0. The van der Waals surface area contributed by atoms with Gasteiger partial charge in [-0.2, -0.15) is 0 Å². The Morgan fingerprint density at radius 2 is 2.11 bits per heavy atom. The molecule has 0 saturated carbocycles. The number of aromatic nitrogens is 1. The van der Waals surface area contributed by atoms with Crippen LogP contribution in [0.2, 0.25) is 0 Å². The SMILES string of the molecule is OCC1CCN(c2cc(F)cnc2C2CNC2)CC1. The van der Waals surface area contributed by atoms with Gasteiger partial charge in [-0.3, -0.25) is 4.98 Å². The van der Waals surface area contributed by atoms with Gasteiger partial charge in [-0.05, 0) is 18.8 Å². The Balaban J connectivity index is 1.80. The number of anilines is 1. The molecule has 2 N–H and O–H groups in total. The van der Waals surface area contributed by atoms with Gasteiger partial charge in [0.1, 0.15) is 5.82 Å². The van der Waals surface area contributed by atoms with E-state index in [4.69, 9.17) is 0 Å². The number of halogens is 1. The van der Waals surface area contributed by atoms with Crippen LogP contribution >= 0.6 is 0 Å². The molecule has 2 aliphatic rings. The van der Waals surface area contributed by atoms with Crippen molar-refractivity contribution in [2.45, 2.75) is 18.8 Å². The van der Waals surface area contributed by atoms with Crippen molar-refractivity contribution >= 4 is 5.69 Å². The predicted octanol–water partition coefficient (Wildman–Crippen LogP) is 1.12. The zero-order valence-corrected chi connectivity index (χ0v) is 11.0. The average molecular weight is 265 g/mol. The average Bonchev–Trinajstić information content (AvgIpc) is 2.39. The van der Waals surface area contributed by atoms with Crippen LogP contribution in [0, 0.1) is 11.7 Å². The highest BCUT2D eigenvalue weighted by atomic mass is 19.1. The summed E-state index contributed by atoms with van der Waals surface area (Å²) in [6.45, 7) is 3.87. The molecule has 0 amide bonds. The Hall–Kier alpha value is -1.20. The van der Waals surface area contributed by atoms with Gasteiger partial charge < -0.3 is 15.3 Å². The number of aliphatic hydroxyl groups excluding tert-OH is 1. The van der Waals surface area contributed by atoms with Crippen LogP contribution in [-0.4, -0.2) is 42.9 Å². The zero-order valence-electron chi connectivity index (χ0n) is 11.0. The van der Waals surface area contributed by atoms with Gasteiger partial charge in [-0.1, -0.05) is 0 Å². The molecule has 1 aromatic rings. The van der Waals surface area contributed by atoms with Gasteiger partial charge >= 0.3 is 0 Å². The molecule has 0 unspecified atom stereocenters. The standard InChI is InChI=1S/C14H20FN3O/c15-12-5-13(14(17-8-12)11-6-16-7-11)18-3-1-10(9-19)2-4-18/h5,8,10-11,16,19H,1-4,6-7,9H2. The lowest BCUT2D eigenvalue weighted by Gasteiger charge is -2.36. The molecule has 19 heavy (non-hydrogen) atoms. The number of nitrogens with one attached hydrogen (secondary N) is 1. The third-order valence-corrected chi connectivity index (χ3v) is 4.25. The molecule has 3 rings (SSSR count). The van der Waals surface area contributed by atoms with Crippen molar-refractivity contribution in [3.63, 3.8) is 0 Å². The number of aliphatic hydroxyl groups is 1. The predicted molar refractivity (Wildman–Crippen MR) is 71.8 cm³/mol. The summed E-state index contributed by atoms with van der Waals surface area (Å²) in [6.07, 6.45) is 3.25. The minimum absolute atomic E-state index is 0.259. The topological polar surface area (TPSA) is 48.4 Å². The fourth-order valence-corrected chi connectivity index (χ4v) is 2.85. The second kappa shape index (κ2) is 5.43. The molecule has 0 atom stereocenters. The summed E-state index contributed by atoms with van der Waals surface area (Å²) < 4.78 is 13.5. The molecule has 0 bridgehead atoms. The molecule has 2 aliphatic heterocycles. The lowest BCUT2D eigenvalue weighted by molar-refractivity contribution is 0.203. The second-order valence-electron chi connectivity index (χ2n) is 5.53. The van der Waals surface area contributed by atoms with Crippen molar-refractivity contribution in [1.29, 1.82) is 0 Å². The van der Waals surface area contributed by atoms with Crippen molar-refractivity contribution in [2.24, 2.45) is 5.92 Å². The lowest BCUT2D eigenvalue weighted by Crippen LogP contribution is -2.42. The number of pyridine rings is 1. The van der Waals surface area contributed by atoms with Crippen molar-refractivity contribution in [2.75, 3.05) is 37.7 Å². The highest BCUT2D eigenvalue weighted by Crippen LogP contribution is 2.31. The summed E-state index contributed by atoms with van der Waals surface area (Å²) in [7, 11) is 0. The Morgan fingerprint density at radius 3 is 2.68 bits per heavy atom. The molecule has 4 nitrogen and oxygen atoms in total. The molecule has 2 saturated heterocycles. The first-order chi connectivity index (χ1) is 9.28. The zero-order chi connectivity index (χ0) is 13.2. The molecule has 104 valence electrons. The molecule has 1 aromatic heterocycles. The fourth-order valence-electron chi connectivity index (χ4n) is 2.85. The maximum atomic E-state index is 13.5.